The number of rotatable bonds is 2. The summed E-state index contributed by atoms with van der Waals surface area (Å²) in [6.07, 6.45) is 1.79. The molecule has 0 aliphatic rings. The van der Waals surface area contributed by atoms with Crippen molar-refractivity contribution < 1.29 is 9.84 Å². The van der Waals surface area contributed by atoms with E-state index in [1.807, 2.05) is 18.2 Å². The van der Waals surface area contributed by atoms with E-state index in [1.54, 1.807) is 36.0 Å². The molecule has 0 aliphatic carbocycles. The zero-order valence-electron chi connectivity index (χ0n) is 9.74. The molecule has 0 unspecified atom stereocenters. The zero-order chi connectivity index (χ0) is 12.5. The van der Waals surface area contributed by atoms with Crippen LogP contribution in [0.1, 0.15) is 0 Å². The number of aromatic hydroxyl groups is 1. The number of phenols is 1. The minimum absolute atomic E-state index is 0.160. The standard InChI is InChI=1S/C13H11N3O2/c1-18-11-7-4-8-16-13(11)14-12(15-16)9-5-2-3-6-10(9)17/h2-8,17H,1H3. The summed E-state index contributed by atoms with van der Waals surface area (Å²) in [7, 11) is 1.59. The Bertz CT molecular complexity index is 706. The quantitative estimate of drug-likeness (QED) is 0.746. The summed E-state index contributed by atoms with van der Waals surface area (Å²) in [5.41, 5.74) is 1.22. The smallest absolute Gasteiger partial charge is 0.198 e. The summed E-state index contributed by atoms with van der Waals surface area (Å²) < 4.78 is 6.85. The SMILES string of the molecule is COc1cccn2nc(-c3ccccc3O)nc12. The van der Waals surface area contributed by atoms with Gasteiger partial charge in [0, 0.05) is 6.20 Å². The molecule has 2 heterocycles. The van der Waals surface area contributed by atoms with E-state index in [0.717, 1.165) is 0 Å². The lowest BCUT2D eigenvalue weighted by atomic mass is 10.2. The number of hydrogen-bond donors (Lipinski definition) is 1. The Morgan fingerprint density at radius 2 is 2.00 bits per heavy atom. The number of methoxy groups -OCH3 is 1. The molecule has 0 atom stereocenters. The second kappa shape index (κ2) is 4.03. The van der Waals surface area contributed by atoms with Gasteiger partial charge in [-0.05, 0) is 24.3 Å². The molecule has 0 amide bonds. The van der Waals surface area contributed by atoms with Gasteiger partial charge in [0.15, 0.2) is 17.2 Å². The lowest BCUT2D eigenvalue weighted by Crippen LogP contribution is -1.90. The van der Waals surface area contributed by atoms with E-state index < -0.39 is 0 Å². The van der Waals surface area contributed by atoms with Crippen molar-refractivity contribution in [1.29, 1.82) is 0 Å². The molecule has 1 N–H and O–H groups in total. The van der Waals surface area contributed by atoms with Crippen molar-refractivity contribution in [3.63, 3.8) is 0 Å². The molecule has 0 bridgehead atoms. The highest BCUT2D eigenvalue weighted by Gasteiger charge is 2.12. The minimum atomic E-state index is 0.160. The molecule has 3 aromatic rings. The first-order valence-corrected chi connectivity index (χ1v) is 5.47. The van der Waals surface area contributed by atoms with Crippen LogP contribution in [0, 0.1) is 0 Å². The second-order valence-electron chi connectivity index (χ2n) is 3.80. The maximum atomic E-state index is 9.80. The van der Waals surface area contributed by atoms with Crippen LogP contribution in [-0.2, 0) is 0 Å². The molecular weight excluding hydrogens is 230 g/mol. The van der Waals surface area contributed by atoms with E-state index >= 15 is 0 Å². The molecule has 18 heavy (non-hydrogen) atoms. The van der Waals surface area contributed by atoms with Gasteiger partial charge in [-0.25, -0.2) is 9.50 Å². The van der Waals surface area contributed by atoms with Gasteiger partial charge in [0.2, 0.25) is 0 Å². The van der Waals surface area contributed by atoms with E-state index in [2.05, 4.69) is 10.1 Å². The van der Waals surface area contributed by atoms with Crippen LogP contribution >= 0.6 is 0 Å². The van der Waals surface area contributed by atoms with Crippen molar-refractivity contribution in [2.45, 2.75) is 0 Å². The van der Waals surface area contributed by atoms with Crippen LogP contribution in [0.15, 0.2) is 42.6 Å². The number of fused-ring (bicyclic) bond motifs is 1. The van der Waals surface area contributed by atoms with Crippen LogP contribution in [0.25, 0.3) is 17.0 Å². The molecule has 5 heteroatoms. The fourth-order valence-electron chi connectivity index (χ4n) is 1.82. The third-order valence-corrected chi connectivity index (χ3v) is 2.69. The van der Waals surface area contributed by atoms with Crippen molar-refractivity contribution in [3.8, 4) is 22.9 Å². The number of pyridine rings is 1. The molecule has 0 spiro atoms. The molecule has 0 radical (unpaired) electrons. The molecule has 0 fully saturated rings. The first-order valence-electron chi connectivity index (χ1n) is 5.47. The van der Waals surface area contributed by atoms with Gasteiger partial charge < -0.3 is 9.84 Å². The molecule has 90 valence electrons. The van der Waals surface area contributed by atoms with Gasteiger partial charge in [-0.15, -0.1) is 5.10 Å². The van der Waals surface area contributed by atoms with Crippen molar-refractivity contribution in [1.82, 2.24) is 14.6 Å². The highest BCUT2D eigenvalue weighted by atomic mass is 16.5. The van der Waals surface area contributed by atoms with Crippen molar-refractivity contribution in [3.05, 3.63) is 42.6 Å². The topological polar surface area (TPSA) is 59.7 Å². The lowest BCUT2D eigenvalue weighted by molar-refractivity contribution is 0.416. The predicted octanol–water partition coefficient (Wildman–Crippen LogP) is 2.11. The summed E-state index contributed by atoms with van der Waals surface area (Å²) >= 11 is 0. The molecule has 0 saturated carbocycles. The van der Waals surface area contributed by atoms with Crippen LogP contribution in [0.5, 0.6) is 11.5 Å². The number of aromatic nitrogens is 3. The molecule has 3 rings (SSSR count). The highest BCUT2D eigenvalue weighted by Crippen LogP contribution is 2.27. The average molecular weight is 241 g/mol. The van der Waals surface area contributed by atoms with Gasteiger partial charge >= 0.3 is 0 Å². The van der Waals surface area contributed by atoms with Gasteiger partial charge in [0.05, 0.1) is 12.7 Å². The summed E-state index contributed by atoms with van der Waals surface area (Å²) in [5.74, 6) is 1.27. The van der Waals surface area contributed by atoms with E-state index in [1.165, 1.54) is 0 Å². The second-order valence-corrected chi connectivity index (χ2v) is 3.80. The number of para-hydroxylation sites is 1. The van der Waals surface area contributed by atoms with Gasteiger partial charge in [-0.3, -0.25) is 0 Å². The summed E-state index contributed by atoms with van der Waals surface area (Å²) in [4.78, 5) is 4.38. The molecule has 5 nitrogen and oxygen atoms in total. The van der Waals surface area contributed by atoms with Gasteiger partial charge in [-0.1, -0.05) is 12.1 Å². The van der Waals surface area contributed by atoms with Crippen LogP contribution in [-0.4, -0.2) is 26.8 Å². The Morgan fingerprint density at radius 3 is 2.78 bits per heavy atom. The van der Waals surface area contributed by atoms with E-state index in [0.29, 0.717) is 22.8 Å². The van der Waals surface area contributed by atoms with Crippen LogP contribution in [0.4, 0.5) is 0 Å². The lowest BCUT2D eigenvalue weighted by Gasteiger charge is -1.98. The van der Waals surface area contributed by atoms with E-state index in [9.17, 15) is 5.11 Å². The Kier molecular flexibility index (Phi) is 2.37. The Morgan fingerprint density at radius 1 is 1.17 bits per heavy atom. The first kappa shape index (κ1) is 10.6. The molecule has 1 aromatic carbocycles. The Balaban J connectivity index is 2.23. The number of hydrogen-bond acceptors (Lipinski definition) is 4. The average Bonchev–Trinajstić information content (AvgIpc) is 2.82. The molecule has 0 aliphatic heterocycles. The van der Waals surface area contributed by atoms with Crippen LogP contribution < -0.4 is 4.74 Å². The number of benzene rings is 1. The van der Waals surface area contributed by atoms with Gasteiger partial charge in [0.25, 0.3) is 0 Å². The van der Waals surface area contributed by atoms with Crippen LogP contribution in [0.2, 0.25) is 0 Å². The van der Waals surface area contributed by atoms with E-state index in [-0.39, 0.29) is 5.75 Å². The van der Waals surface area contributed by atoms with Crippen molar-refractivity contribution in [2.24, 2.45) is 0 Å². The van der Waals surface area contributed by atoms with Crippen molar-refractivity contribution >= 4 is 5.65 Å². The van der Waals surface area contributed by atoms with Crippen molar-refractivity contribution in [2.75, 3.05) is 7.11 Å². The maximum Gasteiger partial charge on any atom is 0.198 e. The number of ether oxygens (including phenoxy) is 1. The first-order chi connectivity index (χ1) is 8.79. The summed E-state index contributed by atoms with van der Waals surface area (Å²) in [6.45, 7) is 0. The third-order valence-electron chi connectivity index (χ3n) is 2.69. The monoisotopic (exact) mass is 241 g/mol. The maximum absolute atomic E-state index is 9.80. The Hall–Kier alpha value is -2.56. The van der Waals surface area contributed by atoms with Crippen LogP contribution in [0.3, 0.4) is 0 Å². The molecule has 0 saturated heterocycles. The summed E-state index contributed by atoms with van der Waals surface area (Å²) in [5, 5.41) is 14.1. The largest absolute Gasteiger partial charge is 0.507 e. The minimum Gasteiger partial charge on any atom is -0.507 e. The molecular formula is C13H11N3O2. The highest BCUT2D eigenvalue weighted by molar-refractivity contribution is 5.67. The molecule has 2 aromatic heterocycles. The van der Waals surface area contributed by atoms with E-state index in [4.69, 9.17) is 4.74 Å². The summed E-state index contributed by atoms with van der Waals surface area (Å²) in [6, 6.07) is 10.6. The fraction of sp³-hybridized carbons (Fsp3) is 0.0769. The Labute approximate surface area is 103 Å². The predicted molar refractivity (Wildman–Crippen MR) is 66.6 cm³/mol. The van der Waals surface area contributed by atoms with Gasteiger partial charge in [0.1, 0.15) is 5.75 Å². The normalized spacial score (nSPS) is 10.7. The third kappa shape index (κ3) is 1.57. The van der Waals surface area contributed by atoms with Gasteiger partial charge in [-0.2, -0.15) is 0 Å². The number of phenolic OH excluding ortho intramolecular Hbond substituents is 1. The zero-order valence-corrected chi connectivity index (χ0v) is 9.74. The fourth-order valence-corrected chi connectivity index (χ4v) is 1.82. The number of nitrogens with zero attached hydrogens (tertiary/aromatic N) is 3.